The monoisotopic (exact) mass is 1110 g/mol. The summed E-state index contributed by atoms with van der Waals surface area (Å²) in [5, 5.41) is 16.7. The van der Waals surface area contributed by atoms with Crippen LogP contribution in [-0.4, -0.2) is 77.9 Å². The van der Waals surface area contributed by atoms with E-state index in [1.165, 1.54) is 58.2 Å². The Bertz CT molecular complexity index is 3260. The van der Waals surface area contributed by atoms with Gasteiger partial charge >= 0.3 is 19.4 Å². The van der Waals surface area contributed by atoms with Crippen molar-refractivity contribution < 1.29 is 52.1 Å². The van der Waals surface area contributed by atoms with E-state index < -0.39 is 35.5 Å². The van der Waals surface area contributed by atoms with Crippen LogP contribution < -0.4 is 30.5 Å². The van der Waals surface area contributed by atoms with E-state index in [0.29, 0.717) is 23.3 Å². The highest BCUT2D eigenvalue weighted by molar-refractivity contribution is 6.62. The lowest BCUT2D eigenvalue weighted by Crippen LogP contribution is -2.41. The molecule has 2 N–H and O–H groups in total. The maximum atomic E-state index is 13.1. The Labute approximate surface area is 482 Å². The molecule has 0 spiro atoms. The van der Waals surface area contributed by atoms with Gasteiger partial charge in [-0.25, -0.2) is 9.59 Å². The van der Waals surface area contributed by atoms with Crippen LogP contribution in [0.4, 0.5) is 26.7 Å². The van der Waals surface area contributed by atoms with Gasteiger partial charge in [-0.05, 0) is 121 Å². The van der Waals surface area contributed by atoms with Crippen molar-refractivity contribution in [3.05, 3.63) is 189 Å². The molecule has 3 aliphatic heterocycles. The lowest BCUT2D eigenvalue weighted by Gasteiger charge is -2.32. The largest absolute Gasteiger partial charge is 0.514 e. The topological polar surface area (TPSA) is 180 Å². The van der Waals surface area contributed by atoms with Crippen molar-refractivity contribution in [2.75, 3.05) is 31.1 Å². The second-order valence-electron chi connectivity index (χ2n) is 22.9. The van der Waals surface area contributed by atoms with Crippen molar-refractivity contribution in [1.29, 1.82) is 0 Å². The SMILES string of the molecule is CCN1\C(=C/C=C/C=C/C2=[N+](CCCCCC(=O)NCCNC(=O)OCc3cc(C)cc(COC(=O)Oc4ccc([N+](=O)[O-])cc4)c3OCc3ccc(B4OC(C)(C)C(C)(C)O4)cc3)c3ccccc3C2(C)C)C(C)(C)c2ccccc21. The predicted octanol–water partition coefficient (Wildman–Crippen LogP) is 12.3. The first kappa shape index (κ1) is 60.1. The van der Waals surface area contributed by atoms with E-state index in [4.69, 9.17) is 28.3 Å². The fraction of sp³-hybridized carbons (Fsp3) is 0.385. The minimum absolute atomic E-state index is 0.0642. The molecule has 3 heterocycles. The molecule has 82 heavy (non-hydrogen) atoms. The third-order valence-corrected chi connectivity index (χ3v) is 15.9. The number of carbonyl (C=O) groups excluding carboxylic acids is 3. The van der Waals surface area contributed by atoms with Gasteiger partial charge in [0.25, 0.3) is 5.69 Å². The highest BCUT2D eigenvalue weighted by Crippen LogP contribution is 2.47. The second kappa shape index (κ2) is 25.8. The van der Waals surface area contributed by atoms with Crippen molar-refractivity contribution in [2.24, 2.45) is 0 Å². The Balaban J connectivity index is 0.814. The molecule has 5 aromatic carbocycles. The number of allylic oxidation sites excluding steroid dienone is 6. The van der Waals surface area contributed by atoms with Crippen molar-refractivity contribution in [3.8, 4) is 11.5 Å². The molecular weight excluding hydrogens is 1040 g/mol. The first-order chi connectivity index (χ1) is 39.1. The number of unbranched alkanes of at least 4 members (excludes halogenated alkanes) is 2. The smallest absolute Gasteiger partial charge is 0.488 e. The molecular formula is C65H77BN5O11+. The highest BCUT2D eigenvalue weighted by Gasteiger charge is 2.52. The fourth-order valence-electron chi connectivity index (χ4n) is 10.7. The molecule has 2 amide bonds. The zero-order chi connectivity index (χ0) is 58.8. The third kappa shape index (κ3) is 14.0. The molecule has 16 nitrogen and oxygen atoms in total. The standard InChI is InChI=1S/C65H76BN5O11/c1-11-69-54-24-19-17-22-52(54)62(3,4)56(69)26-14-12-15-27-57-63(5,6)53-23-18-20-25-55(53)70(57)39-21-13-16-28-58(72)67-37-38-68-60(73)78-43-47-40-45(2)41-48(44-79-61(74)80-51-35-33-50(34-36-51)71(75)76)59(47)77-42-46-29-31-49(32-30-46)66-81-64(7,8)65(9,10)82-66/h12,14-15,17-20,22-27,29-36,40-41H,11,13,16,21,28,37-39,42-44H2,1-10H3,(H-,67,68,72,73)/p+1. The zero-order valence-electron chi connectivity index (χ0n) is 49.0. The van der Waals surface area contributed by atoms with Gasteiger partial charge in [-0.2, -0.15) is 4.58 Å². The molecule has 1 saturated heterocycles. The number of nitrogens with one attached hydrogen (secondary N) is 2. The van der Waals surface area contributed by atoms with Gasteiger partial charge in [0.15, 0.2) is 5.71 Å². The molecule has 0 saturated carbocycles. The van der Waals surface area contributed by atoms with Crippen molar-refractivity contribution in [2.45, 2.75) is 137 Å². The van der Waals surface area contributed by atoms with E-state index in [0.717, 1.165) is 48.9 Å². The van der Waals surface area contributed by atoms with Crippen LogP contribution >= 0.6 is 0 Å². The predicted molar refractivity (Wildman–Crippen MR) is 319 cm³/mol. The average molecular weight is 1120 g/mol. The molecule has 430 valence electrons. The van der Waals surface area contributed by atoms with Gasteiger partial charge in [-0.1, -0.05) is 98.3 Å². The minimum atomic E-state index is -1.04. The Morgan fingerprint density at radius 2 is 1.38 bits per heavy atom. The number of amides is 2. The average Bonchev–Trinajstić information content (AvgIpc) is 4.11. The van der Waals surface area contributed by atoms with Crippen LogP contribution in [0.2, 0.25) is 0 Å². The molecule has 0 aliphatic carbocycles. The summed E-state index contributed by atoms with van der Waals surface area (Å²) in [6.45, 7) is 22.9. The van der Waals surface area contributed by atoms with Crippen LogP contribution in [0.1, 0.15) is 121 Å². The van der Waals surface area contributed by atoms with Crippen LogP contribution in [0, 0.1) is 17.0 Å². The maximum absolute atomic E-state index is 13.1. The first-order valence-corrected chi connectivity index (χ1v) is 28.2. The summed E-state index contributed by atoms with van der Waals surface area (Å²) in [4.78, 5) is 51.7. The number of nitro groups is 1. The van der Waals surface area contributed by atoms with Crippen LogP contribution in [-0.2, 0) is 54.2 Å². The molecule has 3 aliphatic rings. The fourth-order valence-corrected chi connectivity index (χ4v) is 10.7. The van der Waals surface area contributed by atoms with Gasteiger partial charge in [0.2, 0.25) is 11.6 Å². The van der Waals surface area contributed by atoms with Crippen molar-refractivity contribution >= 4 is 53.5 Å². The summed E-state index contributed by atoms with van der Waals surface area (Å²) in [6.07, 6.45) is 12.0. The Morgan fingerprint density at radius 1 is 0.732 bits per heavy atom. The molecule has 1 fully saturated rings. The molecule has 0 unspecified atom stereocenters. The number of para-hydroxylation sites is 2. The van der Waals surface area contributed by atoms with E-state index in [2.05, 4.69) is 134 Å². The van der Waals surface area contributed by atoms with Gasteiger partial charge in [0, 0.05) is 90.2 Å². The number of nitro benzene ring substituents is 1. The number of alkyl carbamates (subject to hydrolysis) is 1. The quantitative estimate of drug-likeness (QED) is 0.00925. The van der Waals surface area contributed by atoms with Crippen molar-refractivity contribution in [1.82, 2.24) is 10.6 Å². The van der Waals surface area contributed by atoms with E-state index in [-0.39, 0.29) is 61.1 Å². The molecule has 17 heteroatoms. The first-order valence-electron chi connectivity index (χ1n) is 28.2. The van der Waals surface area contributed by atoms with Gasteiger partial charge in [-0.3, -0.25) is 14.9 Å². The van der Waals surface area contributed by atoms with Crippen LogP contribution in [0.5, 0.6) is 11.5 Å². The summed E-state index contributed by atoms with van der Waals surface area (Å²) in [5.41, 5.74) is 9.71. The lowest BCUT2D eigenvalue weighted by molar-refractivity contribution is -0.438. The number of non-ortho nitro benzene ring substituents is 1. The summed E-state index contributed by atoms with van der Waals surface area (Å²) >= 11 is 0. The van der Waals surface area contributed by atoms with Crippen LogP contribution in [0.15, 0.2) is 145 Å². The third-order valence-electron chi connectivity index (χ3n) is 15.9. The van der Waals surface area contributed by atoms with Crippen LogP contribution in [0.3, 0.4) is 0 Å². The molecule has 0 bridgehead atoms. The second-order valence-corrected chi connectivity index (χ2v) is 22.9. The summed E-state index contributed by atoms with van der Waals surface area (Å²) in [6, 6.07) is 33.6. The molecule has 0 radical (unpaired) electrons. The number of benzene rings is 5. The van der Waals surface area contributed by atoms with E-state index in [9.17, 15) is 24.5 Å². The summed E-state index contributed by atoms with van der Waals surface area (Å²) < 4.78 is 37.7. The number of rotatable bonds is 23. The van der Waals surface area contributed by atoms with Gasteiger partial charge in [0.05, 0.1) is 21.5 Å². The van der Waals surface area contributed by atoms with Gasteiger partial charge < -0.3 is 43.8 Å². The molecule has 8 rings (SSSR count). The number of aryl methyl sites for hydroxylation is 1. The number of fused-ring (bicyclic) bond motifs is 2. The zero-order valence-corrected chi connectivity index (χ0v) is 49.0. The number of anilines is 1. The van der Waals surface area contributed by atoms with Crippen LogP contribution in [0.25, 0.3) is 0 Å². The summed E-state index contributed by atoms with van der Waals surface area (Å²) in [5.74, 6) is 0.307. The Morgan fingerprint density at radius 3 is 2.06 bits per heavy atom. The number of likely N-dealkylation sites (N-methyl/N-ethyl adjacent to an activating group) is 1. The van der Waals surface area contributed by atoms with Crippen molar-refractivity contribution in [3.63, 3.8) is 0 Å². The number of carbonyl (C=O) groups is 3. The number of hydrogen-bond donors (Lipinski definition) is 2. The lowest BCUT2D eigenvalue weighted by atomic mass is 9.79. The van der Waals surface area contributed by atoms with Gasteiger partial charge in [-0.15, -0.1) is 0 Å². The normalized spacial score (nSPS) is 16.8. The summed E-state index contributed by atoms with van der Waals surface area (Å²) in [7, 11) is -0.534. The minimum Gasteiger partial charge on any atom is -0.488 e. The number of ether oxygens (including phenoxy) is 4. The molecule has 0 atom stereocenters. The maximum Gasteiger partial charge on any atom is 0.514 e. The highest BCUT2D eigenvalue weighted by atomic mass is 16.7. The molecule has 5 aromatic rings. The Hall–Kier alpha value is -8.02. The Kier molecular flexibility index (Phi) is 18.9. The van der Waals surface area contributed by atoms with E-state index in [1.54, 1.807) is 6.07 Å². The molecule has 0 aromatic heterocycles. The number of hydrogen-bond acceptors (Lipinski definition) is 12. The van der Waals surface area contributed by atoms with E-state index in [1.807, 2.05) is 65.0 Å². The van der Waals surface area contributed by atoms with E-state index >= 15 is 0 Å². The number of nitrogens with zero attached hydrogens (tertiary/aromatic N) is 3. The van der Waals surface area contributed by atoms with Gasteiger partial charge in [0.1, 0.15) is 37.9 Å².